The van der Waals surface area contributed by atoms with Crippen molar-refractivity contribution in [2.75, 3.05) is 20.1 Å². The fraction of sp³-hybridized carbons (Fsp3) is 0.667. The van der Waals surface area contributed by atoms with Crippen molar-refractivity contribution in [1.29, 1.82) is 0 Å². The van der Waals surface area contributed by atoms with E-state index in [1.54, 1.807) is 0 Å². The van der Waals surface area contributed by atoms with Gasteiger partial charge >= 0.3 is 0 Å². The second-order valence-electron chi connectivity index (χ2n) is 1.77. The number of nitrogens with one attached hydrogen (secondary N) is 2. The van der Waals surface area contributed by atoms with E-state index in [4.69, 9.17) is 5.84 Å². The van der Waals surface area contributed by atoms with Gasteiger partial charge in [-0.2, -0.15) is 0 Å². The van der Waals surface area contributed by atoms with Crippen LogP contribution in [-0.4, -0.2) is 20.1 Å². The lowest BCUT2D eigenvalue weighted by Crippen LogP contribution is -2.21. The third kappa shape index (κ3) is 7.62. The second-order valence-corrected chi connectivity index (χ2v) is 1.77. The van der Waals surface area contributed by atoms with Crippen molar-refractivity contribution in [2.45, 2.75) is 6.42 Å². The molecule has 0 spiro atoms. The van der Waals surface area contributed by atoms with Crippen molar-refractivity contribution < 1.29 is 0 Å². The molecule has 0 aromatic heterocycles. The molecule has 54 valence electrons. The van der Waals surface area contributed by atoms with Gasteiger partial charge in [-0.05, 0) is 20.0 Å². The van der Waals surface area contributed by atoms with Crippen LogP contribution in [0.1, 0.15) is 6.42 Å². The molecule has 0 amide bonds. The van der Waals surface area contributed by atoms with E-state index in [0.717, 1.165) is 19.5 Å². The van der Waals surface area contributed by atoms with E-state index in [1.807, 2.05) is 13.1 Å². The molecule has 0 saturated carbocycles. The maximum Gasteiger partial charge on any atom is 0.0278 e. The van der Waals surface area contributed by atoms with Gasteiger partial charge in [0, 0.05) is 6.54 Å². The minimum Gasteiger partial charge on any atom is -0.319 e. The molecule has 0 aliphatic carbocycles. The monoisotopic (exact) mass is 129 g/mol. The van der Waals surface area contributed by atoms with Crippen LogP contribution >= 0.6 is 0 Å². The number of hydrogen-bond acceptors (Lipinski definition) is 3. The molecule has 0 radical (unpaired) electrons. The molecule has 9 heavy (non-hydrogen) atoms. The lowest BCUT2D eigenvalue weighted by molar-refractivity contribution is 0.794. The van der Waals surface area contributed by atoms with Gasteiger partial charge in [-0.15, -0.1) is 0 Å². The zero-order valence-corrected chi connectivity index (χ0v) is 5.85. The molecule has 0 rings (SSSR count). The SMILES string of the molecule is CNCC/C=C/CNN. The summed E-state index contributed by atoms with van der Waals surface area (Å²) in [7, 11) is 1.94. The highest BCUT2D eigenvalue weighted by Gasteiger charge is 1.74. The normalized spacial score (nSPS) is 10.9. The third-order valence-corrected chi connectivity index (χ3v) is 0.963. The van der Waals surface area contributed by atoms with Gasteiger partial charge in [0.2, 0.25) is 0 Å². The molecular formula is C6H15N3. The van der Waals surface area contributed by atoms with Crippen LogP contribution in [0.3, 0.4) is 0 Å². The summed E-state index contributed by atoms with van der Waals surface area (Å²) in [6, 6.07) is 0. The molecule has 0 aliphatic heterocycles. The first-order chi connectivity index (χ1) is 4.41. The number of rotatable bonds is 5. The molecule has 0 atom stereocenters. The number of hydrogen-bond donors (Lipinski definition) is 3. The topological polar surface area (TPSA) is 50.1 Å². The van der Waals surface area contributed by atoms with Crippen LogP contribution in [-0.2, 0) is 0 Å². The standard InChI is InChI=1S/C6H15N3/c1-8-5-3-2-4-6-9-7/h2,4,8-9H,3,5-7H2,1H3/b4-2+. The summed E-state index contributed by atoms with van der Waals surface area (Å²) in [5.74, 6) is 5.03. The predicted octanol–water partition coefficient (Wildman–Crippen LogP) is -0.385. The first-order valence-electron chi connectivity index (χ1n) is 3.15. The van der Waals surface area contributed by atoms with Gasteiger partial charge in [0.15, 0.2) is 0 Å². The summed E-state index contributed by atoms with van der Waals surface area (Å²) >= 11 is 0. The van der Waals surface area contributed by atoms with Gasteiger partial charge in [-0.25, -0.2) is 0 Å². The maximum atomic E-state index is 5.03. The van der Waals surface area contributed by atoms with Crippen molar-refractivity contribution >= 4 is 0 Å². The summed E-state index contributed by atoms with van der Waals surface area (Å²) in [4.78, 5) is 0. The largest absolute Gasteiger partial charge is 0.319 e. The van der Waals surface area contributed by atoms with E-state index >= 15 is 0 Å². The Morgan fingerprint density at radius 2 is 2.22 bits per heavy atom. The number of hydrazine groups is 1. The highest BCUT2D eigenvalue weighted by Crippen LogP contribution is 1.77. The van der Waals surface area contributed by atoms with E-state index in [1.165, 1.54) is 0 Å². The minimum absolute atomic E-state index is 0.754. The molecule has 4 N–H and O–H groups in total. The summed E-state index contributed by atoms with van der Waals surface area (Å²) in [6.07, 6.45) is 5.17. The van der Waals surface area contributed by atoms with E-state index < -0.39 is 0 Å². The third-order valence-electron chi connectivity index (χ3n) is 0.963. The van der Waals surface area contributed by atoms with Crippen LogP contribution in [0.25, 0.3) is 0 Å². The molecule has 0 unspecified atom stereocenters. The quantitative estimate of drug-likeness (QED) is 0.205. The smallest absolute Gasteiger partial charge is 0.0278 e. The average molecular weight is 129 g/mol. The predicted molar refractivity (Wildman–Crippen MR) is 39.9 cm³/mol. The average Bonchev–Trinajstić information content (AvgIpc) is 1.89. The molecule has 3 nitrogen and oxygen atoms in total. The highest BCUT2D eigenvalue weighted by molar-refractivity contribution is 4.83. The Kier molecular flexibility index (Phi) is 7.30. The Morgan fingerprint density at radius 3 is 2.78 bits per heavy atom. The summed E-state index contributed by atoms with van der Waals surface area (Å²) in [5, 5.41) is 3.04. The van der Waals surface area contributed by atoms with Gasteiger partial charge in [-0.3, -0.25) is 11.3 Å². The van der Waals surface area contributed by atoms with Crippen LogP contribution < -0.4 is 16.6 Å². The Balaban J connectivity index is 2.86. The lowest BCUT2D eigenvalue weighted by Gasteiger charge is -1.90. The summed E-state index contributed by atoms with van der Waals surface area (Å²) in [5.41, 5.74) is 2.54. The van der Waals surface area contributed by atoms with Gasteiger partial charge in [-0.1, -0.05) is 12.2 Å². The molecule has 0 aromatic carbocycles. The van der Waals surface area contributed by atoms with E-state index in [9.17, 15) is 0 Å². The van der Waals surface area contributed by atoms with Crippen molar-refractivity contribution in [2.24, 2.45) is 5.84 Å². The molecule has 3 heteroatoms. The van der Waals surface area contributed by atoms with E-state index in [2.05, 4.69) is 16.8 Å². The first kappa shape index (κ1) is 8.62. The highest BCUT2D eigenvalue weighted by atomic mass is 15.2. The van der Waals surface area contributed by atoms with Gasteiger partial charge in [0.05, 0.1) is 0 Å². The Morgan fingerprint density at radius 1 is 1.44 bits per heavy atom. The zero-order chi connectivity index (χ0) is 6.95. The fourth-order valence-electron chi connectivity index (χ4n) is 0.497. The number of nitrogens with two attached hydrogens (primary N) is 1. The summed E-state index contributed by atoms with van der Waals surface area (Å²) < 4.78 is 0. The van der Waals surface area contributed by atoms with Crippen molar-refractivity contribution in [1.82, 2.24) is 10.7 Å². The van der Waals surface area contributed by atoms with Crippen molar-refractivity contribution in [3.63, 3.8) is 0 Å². The zero-order valence-electron chi connectivity index (χ0n) is 5.85. The second kappa shape index (κ2) is 7.62. The minimum atomic E-state index is 0.754. The van der Waals surface area contributed by atoms with Crippen LogP contribution in [0.4, 0.5) is 0 Å². The molecular weight excluding hydrogens is 114 g/mol. The van der Waals surface area contributed by atoms with Crippen LogP contribution in [0.2, 0.25) is 0 Å². The lowest BCUT2D eigenvalue weighted by atomic mass is 10.4. The van der Waals surface area contributed by atoms with Crippen molar-refractivity contribution in [3.05, 3.63) is 12.2 Å². The van der Waals surface area contributed by atoms with Gasteiger partial charge in [0.1, 0.15) is 0 Å². The van der Waals surface area contributed by atoms with Gasteiger partial charge < -0.3 is 5.32 Å². The summed E-state index contributed by atoms with van der Waals surface area (Å²) in [6.45, 7) is 1.78. The van der Waals surface area contributed by atoms with Crippen LogP contribution in [0.15, 0.2) is 12.2 Å². The molecule has 0 heterocycles. The molecule has 0 aliphatic rings. The van der Waals surface area contributed by atoms with E-state index in [0.29, 0.717) is 0 Å². The molecule has 0 bridgehead atoms. The van der Waals surface area contributed by atoms with Crippen molar-refractivity contribution in [3.8, 4) is 0 Å². The maximum absolute atomic E-state index is 5.03. The molecule has 0 fully saturated rings. The fourth-order valence-corrected chi connectivity index (χ4v) is 0.497. The molecule has 0 aromatic rings. The molecule has 0 saturated heterocycles. The Hall–Kier alpha value is -0.380. The Labute approximate surface area is 56.3 Å². The van der Waals surface area contributed by atoms with E-state index in [-0.39, 0.29) is 0 Å². The first-order valence-corrected chi connectivity index (χ1v) is 3.15. The van der Waals surface area contributed by atoms with Gasteiger partial charge in [0.25, 0.3) is 0 Å². The van der Waals surface area contributed by atoms with Crippen LogP contribution in [0.5, 0.6) is 0 Å². The van der Waals surface area contributed by atoms with Crippen LogP contribution in [0, 0.1) is 0 Å². The Bertz CT molecular complexity index is 70.7.